The van der Waals surface area contributed by atoms with Gasteiger partial charge in [-0.2, -0.15) is 0 Å². The van der Waals surface area contributed by atoms with Crippen LogP contribution in [0.5, 0.6) is 0 Å². The predicted molar refractivity (Wildman–Crippen MR) is 67.6 cm³/mol. The van der Waals surface area contributed by atoms with Gasteiger partial charge in [-0.15, -0.1) is 0 Å². The van der Waals surface area contributed by atoms with Crippen LogP contribution < -0.4 is 5.32 Å². The first-order chi connectivity index (χ1) is 7.71. The number of carbonyl (C=O) groups is 2. The molecule has 1 atom stereocenters. The molecule has 0 radical (unpaired) electrons. The van der Waals surface area contributed by atoms with Gasteiger partial charge in [-0.1, -0.05) is 39.0 Å². The molecular weight excluding hydrogens is 240 g/mol. The first-order valence-electron chi connectivity index (χ1n) is 5.63. The summed E-state index contributed by atoms with van der Waals surface area (Å²) in [6, 6.07) is -0.506. The zero-order valence-electron chi connectivity index (χ0n) is 10.5. The van der Waals surface area contributed by atoms with Gasteiger partial charge in [0.1, 0.15) is 6.04 Å². The van der Waals surface area contributed by atoms with Gasteiger partial charge in [-0.3, -0.25) is 9.59 Å². The van der Waals surface area contributed by atoms with Gasteiger partial charge in [0.2, 0.25) is 11.8 Å². The van der Waals surface area contributed by atoms with Crippen LogP contribution in [-0.2, 0) is 9.59 Å². The second-order valence-electron chi connectivity index (χ2n) is 5.39. The van der Waals surface area contributed by atoms with Crippen molar-refractivity contribution in [2.24, 2.45) is 5.41 Å². The summed E-state index contributed by atoms with van der Waals surface area (Å²) in [6.45, 7) is 10.0. The van der Waals surface area contributed by atoms with Crippen molar-refractivity contribution in [2.45, 2.75) is 33.2 Å². The molecule has 96 valence electrons. The number of nitrogens with zero attached hydrogens (tertiary/aromatic N) is 1. The monoisotopic (exact) mass is 258 g/mol. The van der Waals surface area contributed by atoms with Gasteiger partial charge < -0.3 is 10.2 Å². The van der Waals surface area contributed by atoms with E-state index in [1.54, 1.807) is 4.90 Å². The minimum atomic E-state index is -0.506. The molecule has 0 bridgehead atoms. The van der Waals surface area contributed by atoms with E-state index in [1.807, 2.05) is 20.8 Å². The van der Waals surface area contributed by atoms with Crippen molar-refractivity contribution in [3.63, 3.8) is 0 Å². The zero-order valence-corrected chi connectivity index (χ0v) is 11.3. The molecule has 1 aliphatic rings. The Balaban J connectivity index is 2.93. The van der Waals surface area contributed by atoms with E-state index in [9.17, 15) is 9.59 Å². The van der Waals surface area contributed by atoms with Crippen LogP contribution in [0.4, 0.5) is 0 Å². The molecule has 0 aromatic carbocycles. The molecule has 1 fully saturated rings. The third-order valence-electron chi connectivity index (χ3n) is 2.70. The smallest absolute Gasteiger partial charge is 0.246 e. The van der Waals surface area contributed by atoms with E-state index < -0.39 is 6.04 Å². The Bertz CT molecular complexity index is 347. The number of nitrogens with one attached hydrogen (secondary N) is 1. The maximum absolute atomic E-state index is 12.3. The Kier molecular flexibility index (Phi) is 4.20. The zero-order chi connectivity index (χ0) is 13.2. The first kappa shape index (κ1) is 14.0. The van der Waals surface area contributed by atoms with E-state index in [0.717, 1.165) is 0 Å². The fourth-order valence-electron chi connectivity index (χ4n) is 1.78. The Morgan fingerprint density at radius 2 is 2.12 bits per heavy atom. The Labute approximate surface area is 107 Å². The third-order valence-corrected chi connectivity index (χ3v) is 2.82. The molecule has 1 rings (SSSR count). The molecule has 5 heteroatoms. The third kappa shape index (κ3) is 3.73. The summed E-state index contributed by atoms with van der Waals surface area (Å²) < 4.78 is 0. The highest BCUT2D eigenvalue weighted by atomic mass is 35.5. The molecule has 1 heterocycles. The van der Waals surface area contributed by atoms with Gasteiger partial charge in [0.25, 0.3) is 0 Å². The van der Waals surface area contributed by atoms with Gasteiger partial charge in [0.15, 0.2) is 0 Å². The Morgan fingerprint density at radius 1 is 1.53 bits per heavy atom. The van der Waals surface area contributed by atoms with E-state index in [1.165, 1.54) is 0 Å². The summed E-state index contributed by atoms with van der Waals surface area (Å²) in [5, 5.41) is 3.17. The normalized spacial score (nSPS) is 22.1. The van der Waals surface area contributed by atoms with Crippen LogP contribution in [0.2, 0.25) is 0 Å². The van der Waals surface area contributed by atoms with E-state index in [4.69, 9.17) is 11.6 Å². The van der Waals surface area contributed by atoms with Crippen molar-refractivity contribution < 1.29 is 9.59 Å². The largest absolute Gasteiger partial charge is 0.344 e. The molecule has 0 aromatic rings. The van der Waals surface area contributed by atoms with E-state index in [0.29, 0.717) is 24.5 Å². The number of amides is 2. The summed E-state index contributed by atoms with van der Waals surface area (Å²) in [6.07, 6.45) is 0.308. The van der Waals surface area contributed by atoms with Crippen molar-refractivity contribution in [1.82, 2.24) is 10.2 Å². The summed E-state index contributed by atoms with van der Waals surface area (Å²) in [7, 11) is 0. The second-order valence-corrected chi connectivity index (χ2v) is 5.93. The van der Waals surface area contributed by atoms with Crippen molar-refractivity contribution in [3.05, 3.63) is 11.6 Å². The van der Waals surface area contributed by atoms with E-state index >= 15 is 0 Å². The molecule has 2 amide bonds. The van der Waals surface area contributed by atoms with Crippen LogP contribution in [0.25, 0.3) is 0 Å². The summed E-state index contributed by atoms with van der Waals surface area (Å²) >= 11 is 5.73. The van der Waals surface area contributed by atoms with Crippen molar-refractivity contribution in [2.75, 3.05) is 13.1 Å². The van der Waals surface area contributed by atoms with Crippen molar-refractivity contribution in [3.8, 4) is 0 Å². The van der Waals surface area contributed by atoms with Crippen LogP contribution in [0.3, 0.4) is 0 Å². The Morgan fingerprint density at radius 3 is 2.59 bits per heavy atom. The Hall–Kier alpha value is -1.03. The van der Waals surface area contributed by atoms with E-state index in [2.05, 4.69) is 11.9 Å². The van der Waals surface area contributed by atoms with E-state index in [-0.39, 0.29) is 17.2 Å². The topological polar surface area (TPSA) is 49.4 Å². The van der Waals surface area contributed by atoms with Crippen LogP contribution in [0, 0.1) is 5.41 Å². The summed E-state index contributed by atoms with van der Waals surface area (Å²) in [5.41, 5.74) is -0.316. The van der Waals surface area contributed by atoms with Crippen LogP contribution in [-0.4, -0.2) is 35.8 Å². The SMILES string of the molecule is C=C(Cl)CN1CCC(=O)NC(C(C)(C)C)C1=O. The fourth-order valence-corrected chi connectivity index (χ4v) is 1.92. The molecule has 17 heavy (non-hydrogen) atoms. The molecule has 4 nitrogen and oxygen atoms in total. The molecule has 1 N–H and O–H groups in total. The lowest BCUT2D eigenvalue weighted by molar-refractivity contribution is -0.136. The number of hydrogen-bond donors (Lipinski definition) is 1. The number of hydrogen-bond acceptors (Lipinski definition) is 2. The lowest BCUT2D eigenvalue weighted by atomic mass is 9.86. The molecule has 0 aromatic heterocycles. The molecule has 0 aliphatic carbocycles. The van der Waals surface area contributed by atoms with Gasteiger partial charge in [-0.05, 0) is 5.41 Å². The van der Waals surface area contributed by atoms with Gasteiger partial charge in [-0.25, -0.2) is 0 Å². The maximum atomic E-state index is 12.3. The standard InChI is InChI=1S/C12H19ClN2O2/c1-8(13)7-15-6-5-9(16)14-10(11(15)17)12(2,3)4/h10H,1,5-7H2,2-4H3,(H,14,16). The quantitative estimate of drug-likeness (QED) is 0.816. The van der Waals surface area contributed by atoms with Crippen molar-refractivity contribution in [1.29, 1.82) is 0 Å². The van der Waals surface area contributed by atoms with Crippen LogP contribution >= 0.6 is 11.6 Å². The molecule has 0 saturated carbocycles. The lowest BCUT2D eigenvalue weighted by Gasteiger charge is -2.32. The highest BCUT2D eigenvalue weighted by Gasteiger charge is 2.37. The summed E-state index contributed by atoms with van der Waals surface area (Å²) in [5.74, 6) is -0.189. The first-order valence-corrected chi connectivity index (χ1v) is 6.01. The number of halogens is 1. The molecule has 1 saturated heterocycles. The molecule has 1 unspecified atom stereocenters. The maximum Gasteiger partial charge on any atom is 0.246 e. The van der Waals surface area contributed by atoms with Crippen LogP contribution in [0.15, 0.2) is 11.6 Å². The average Bonchev–Trinajstić information content (AvgIpc) is 2.29. The lowest BCUT2D eigenvalue weighted by Crippen LogP contribution is -2.52. The highest BCUT2D eigenvalue weighted by Crippen LogP contribution is 2.23. The molecule has 0 spiro atoms. The average molecular weight is 259 g/mol. The minimum absolute atomic E-state index is 0.0925. The molecular formula is C12H19ClN2O2. The van der Waals surface area contributed by atoms with Gasteiger partial charge in [0, 0.05) is 18.0 Å². The highest BCUT2D eigenvalue weighted by molar-refractivity contribution is 6.29. The second kappa shape index (κ2) is 5.08. The van der Waals surface area contributed by atoms with Crippen LogP contribution in [0.1, 0.15) is 27.2 Å². The number of rotatable bonds is 2. The van der Waals surface area contributed by atoms with Gasteiger partial charge in [0.05, 0.1) is 6.54 Å². The minimum Gasteiger partial charge on any atom is -0.344 e. The molecule has 1 aliphatic heterocycles. The summed E-state index contributed by atoms with van der Waals surface area (Å²) in [4.78, 5) is 25.4. The number of carbonyl (C=O) groups excluding carboxylic acids is 2. The predicted octanol–water partition coefficient (Wildman–Crippen LogP) is 1.50. The van der Waals surface area contributed by atoms with Crippen molar-refractivity contribution >= 4 is 23.4 Å². The van der Waals surface area contributed by atoms with Gasteiger partial charge >= 0.3 is 0 Å². The fraction of sp³-hybridized carbons (Fsp3) is 0.667.